The summed E-state index contributed by atoms with van der Waals surface area (Å²) in [7, 11) is 2.06. The van der Waals surface area contributed by atoms with Crippen LogP contribution in [0, 0.1) is 26.7 Å². The minimum absolute atomic E-state index is 0.570. The molecule has 0 heterocycles. The molecule has 0 aromatic heterocycles. The number of benzene rings is 1. The number of nitrogens with one attached hydrogen (secondary N) is 1. The SMILES string of the molecule is CNC(Cc1c(C)cc(C)cc1C)C(C)C. The molecule has 0 fully saturated rings. The van der Waals surface area contributed by atoms with Crippen LogP contribution in [0.4, 0.5) is 0 Å². The molecule has 1 nitrogen and oxygen atoms in total. The number of aryl methyl sites for hydroxylation is 3. The molecule has 0 aliphatic heterocycles. The fraction of sp³-hybridized carbons (Fsp3) is 0.600. The third-order valence-corrected chi connectivity index (χ3v) is 3.44. The van der Waals surface area contributed by atoms with E-state index < -0.39 is 0 Å². The Hall–Kier alpha value is -0.820. The zero-order chi connectivity index (χ0) is 12.3. The van der Waals surface area contributed by atoms with Crippen molar-refractivity contribution in [2.75, 3.05) is 7.05 Å². The van der Waals surface area contributed by atoms with Gasteiger partial charge in [-0.1, -0.05) is 31.5 Å². The molecule has 1 rings (SSSR count). The summed E-state index contributed by atoms with van der Waals surface area (Å²) in [6, 6.07) is 5.14. The maximum Gasteiger partial charge on any atom is 0.0128 e. The monoisotopic (exact) mass is 219 g/mol. The first-order valence-electron chi connectivity index (χ1n) is 6.19. The van der Waals surface area contributed by atoms with Crippen molar-refractivity contribution in [1.82, 2.24) is 5.32 Å². The number of rotatable bonds is 4. The average Bonchev–Trinajstić information content (AvgIpc) is 2.15. The van der Waals surface area contributed by atoms with Crippen LogP contribution in [0.5, 0.6) is 0 Å². The summed E-state index contributed by atoms with van der Waals surface area (Å²) in [6.07, 6.45) is 1.13. The van der Waals surface area contributed by atoms with Gasteiger partial charge in [0.2, 0.25) is 0 Å². The van der Waals surface area contributed by atoms with E-state index in [2.05, 4.69) is 59.1 Å². The third-order valence-electron chi connectivity index (χ3n) is 3.44. The Morgan fingerprint density at radius 1 is 1.06 bits per heavy atom. The lowest BCUT2D eigenvalue weighted by atomic mass is 9.90. The minimum Gasteiger partial charge on any atom is -0.316 e. The largest absolute Gasteiger partial charge is 0.316 e. The second-order valence-electron chi connectivity index (χ2n) is 5.22. The summed E-state index contributed by atoms with van der Waals surface area (Å²) in [6.45, 7) is 11.2. The molecule has 1 heteroatoms. The lowest BCUT2D eigenvalue weighted by Crippen LogP contribution is -2.33. The lowest BCUT2D eigenvalue weighted by molar-refractivity contribution is 0.423. The van der Waals surface area contributed by atoms with Crippen molar-refractivity contribution in [3.63, 3.8) is 0 Å². The molecule has 0 saturated heterocycles. The van der Waals surface area contributed by atoms with Crippen molar-refractivity contribution in [1.29, 1.82) is 0 Å². The standard InChI is InChI=1S/C15H25N/c1-10(2)15(16-6)9-14-12(4)7-11(3)8-13(14)5/h7-8,10,15-16H,9H2,1-6H3. The molecule has 16 heavy (non-hydrogen) atoms. The van der Waals surface area contributed by atoms with Gasteiger partial charge >= 0.3 is 0 Å². The van der Waals surface area contributed by atoms with Crippen molar-refractivity contribution in [2.45, 2.75) is 47.1 Å². The second kappa shape index (κ2) is 5.49. The van der Waals surface area contributed by atoms with E-state index >= 15 is 0 Å². The van der Waals surface area contributed by atoms with Crippen LogP contribution < -0.4 is 5.32 Å². The van der Waals surface area contributed by atoms with Gasteiger partial charge in [-0.15, -0.1) is 0 Å². The van der Waals surface area contributed by atoms with Crippen LogP contribution in [0.25, 0.3) is 0 Å². The Labute approximate surface area is 100 Å². The highest BCUT2D eigenvalue weighted by Gasteiger charge is 2.14. The normalized spacial score (nSPS) is 13.2. The second-order valence-corrected chi connectivity index (χ2v) is 5.22. The zero-order valence-electron chi connectivity index (χ0n) is 11.5. The van der Waals surface area contributed by atoms with Gasteiger partial charge in [-0.2, -0.15) is 0 Å². The zero-order valence-corrected chi connectivity index (χ0v) is 11.5. The molecule has 0 saturated carbocycles. The van der Waals surface area contributed by atoms with Crippen LogP contribution in [0.2, 0.25) is 0 Å². The van der Waals surface area contributed by atoms with Crippen molar-refractivity contribution in [3.8, 4) is 0 Å². The number of hydrogen-bond donors (Lipinski definition) is 1. The lowest BCUT2D eigenvalue weighted by Gasteiger charge is -2.22. The smallest absolute Gasteiger partial charge is 0.0128 e. The molecule has 90 valence electrons. The van der Waals surface area contributed by atoms with Gasteiger partial charge in [-0.3, -0.25) is 0 Å². The molecule has 1 aromatic rings. The molecule has 0 amide bonds. The molecule has 0 aliphatic rings. The molecule has 1 N–H and O–H groups in total. The molecule has 0 aliphatic carbocycles. The van der Waals surface area contributed by atoms with E-state index in [9.17, 15) is 0 Å². The van der Waals surface area contributed by atoms with E-state index in [1.54, 1.807) is 0 Å². The van der Waals surface area contributed by atoms with Gasteiger partial charge < -0.3 is 5.32 Å². The van der Waals surface area contributed by atoms with Crippen LogP contribution in [0.1, 0.15) is 36.1 Å². The van der Waals surface area contributed by atoms with E-state index in [0.717, 1.165) is 6.42 Å². The molecule has 0 bridgehead atoms. The van der Waals surface area contributed by atoms with E-state index in [-0.39, 0.29) is 0 Å². The first-order valence-corrected chi connectivity index (χ1v) is 6.19. The van der Waals surface area contributed by atoms with E-state index in [1.807, 2.05) is 0 Å². The van der Waals surface area contributed by atoms with Gasteiger partial charge in [0.05, 0.1) is 0 Å². The maximum atomic E-state index is 3.42. The minimum atomic E-state index is 0.570. The fourth-order valence-corrected chi connectivity index (χ4v) is 2.42. The Morgan fingerprint density at radius 3 is 1.94 bits per heavy atom. The molecular weight excluding hydrogens is 194 g/mol. The predicted molar refractivity (Wildman–Crippen MR) is 72.0 cm³/mol. The van der Waals surface area contributed by atoms with Crippen LogP contribution >= 0.6 is 0 Å². The molecule has 0 radical (unpaired) electrons. The van der Waals surface area contributed by atoms with Crippen LogP contribution in [-0.4, -0.2) is 13.1 Å². The summed E-state index contributed by atoms with van der Waals surface area (Å²) in [5.74, 6) is 0.671. The van der Waals surface area contributed by atoms with E-state index in [1.165, 1.54) is 22.3 Å². The van der Waals surface area contributed by atoms with Crippen molar-refractivity contribution in [2.24, 2.45) is 5.92 Å². The van der Waals surface area contributed by atoms with Gasteiger partial charge in [0.15, 0.2) is 0 Å². The topological polar surface area (TPSA) is 12.0 Å². The highest BCUT2D eigenvalue weighted by atomic mass is 14.9. The predicted octanol–water partition coefficient (Wildman–Crippen LogP) is 3.40. The molecule has 1 unspecified atom stereocenters. The van der Waals surface area contributed by atoms with E-state index in [4.69, 9.17) is 0 Å². The van der Waals surface area contributed by atoms with Gasteiger partial charge in [-0.25, -0.2) is 0 Å². The van der Waals surface area contributed by atoms with Gasteiger partial charge in [0.1, 0.15) is 0 Å². The van der Waals surface area contributed by atoms with Crippen molar-refractivity contribution >= 4 is 0 Å². The Kier molecular flexibility index (Phi) is 4.55. The summed E-state index contributed by atoms with van der Waals surface area (Å²) in [5, 5.41) is 3.42. The molecule has 1 aromatic carbocycles. The Bertz CT molecular complexity index is 329. The maximum absolute atomic E-state index is 3.42. The number of hydrogen-bond acceptors (Lipinski definition) is 1. The molecule has 1 atom stereocenters. The van der Waals surface area contributed by atoms with Crippen molar-refractivity contribution < 1.29 is 0 Å². The quantitative estimate of drug-likeness (QED) is 0.818. The van der Waals surface area contributed by atoms with E-state index in [0.29, 0.717) is 12.0 Å². The molecule has 0 spiro atoms. The molecular formula is C15H25N. The summed E-state index contributed by atoms with van der Waals surface area (Å²) >= 11 is 0. The third kappa shape index (κ3) is 3.08. The summed E-state index contributed by atoms with van der Waals surface area (Å²) in [5.41, 5.74) is 5.74. The summed E-state index contributed by atoms with van der Waals surface area (Å²) < 4.78 is 0. The Balaban J connectivity index is 2.96. The van der Waals surface area contributed by atoms with Crippen molar-refractivity contribution in [3.05, 3.63) is 34.4 Å². The Morgan fingerprint density at radius 2 is 1.56 bits per heavy atom. The van der Waals surface area contributed by atoms with Crippen LogP contribution in [0.15, 0.2) is 12.1 Å². The number of likely N-dealkylation sites (N-methyl/N-ethyl adjacent to an activating group) is 1. The summed E-state index contributed by atoms with van der Waals surface area (Å²) in [4.78, 5) is 0. The highest BCUT2D eigenvalue weighted by molar-refractivity contribution is 5.38. The van der Waals surface area contributed by atoms with Gasteiger partial charge in [0, 0.05) is 6.04 Å². The average molecular weight is 219 g/mol. The van der Waals surface area contributed by atoms with Crippen LogP contribution in [0.3, 0.4) is 0 Å². The van der Waals surface area contributed by atoms with Gasteiger partial charge in [0.25, 0.3) is 0 Å². The first kappa shape index (κ1) is 13.2. The fourth-order valence-electron chi connectivity index (χ4n) is 2.42. The first-order chi connectivity index (χ1) is 7.45. The highest BCUT2D eigenvalue weighted by Crippen LogP contribution is 2.20. The van der Waals surface area contributed by atoms with Crippen LogP contribution in [-0.2, 0) is 6.42 Å². The van der Waals surface area contributed by atoms with Gasteiger partial charge in [-0.05, 0) is 56.8 Å².